The van der Waals surface area contributed by atoms with E-state index in [1.807, 2.05) is 0 Å². The second kappa shape index (κ2) is 6.01. The SMILES string of the molecule is Cc1cc(C)c(-c2ccc(C3CCCCC3)cc2)nc1C. The number of rotatable bonds is 2. The Morgan fingerprint density at radius 3 is 2.19 bits per heavy atom. The second-order valence-corrected chi connectivity index (χ2v) is 6.51. The lowest BCUT2D eigenvalue weighted by molar-refractivity contribution is 0.443. The number of benzene rings is 1. The van der Waals surface area contributed by atoms with Crippen molar-refractivity contribution in [3.05, 3.63) is 52.7 Å². The zero-order valence-electron chi connectivity index (χ0n) is 13.4. The molecule has 0 bridgehead atoms. The van der Waals surface area contributed by atoms with Gasteiger partial charge in [-0.1, -0.05) is 49.6 Å². The smallest absolute Gasteiger partial charge is 0.0734 e. The van der Waals surface area contributed by atoms with Gasteiger partial charge in [-0.05, 0) is 56.2 Å². The van der Waals surface area contributed by atoms with Gasteiger partial charge in [0, 0.05) is 11.3 Å². The zero-order chi connectivity index (χ0) is 14.8. The molecule has 1 aliphatic carbocycles. The highest BCUT2D eigenvalue weighted by molar-refractivity contribution is 5.64. The fourth-order valence-electron chi connectivity index (χ4n) is 3.48. The number of hydrogen-bond donors (Lipinski definition) is 0. The molecule has 110 valence electrons. The van der Waals surface area contributed by atoms with E-state index in [2.05, 4.69) is 51.1 Å². The highest BCUT2D eigenvalue weighted by atomic mass is 14.7. The Labute approximate surface area is 128 Å². The summed E-state index contributed by atoms with van der Waals surface area (Å²) in [7, 11) is 0. The number of nitrogens with zero attached hydrogens (tertiary/aromatic N) is 1. The normalized spacial score (nSPS) is 16.1. The summed E-state index contributed by atoms with van der Waals surface area (Å²) in [5.41, 5.74) is 7.56. The maximum atomic E-state index is 4.78. The van der Waals surface area contributed by atoms with E-state index < -0.39 is 0 Å². The van der Waals surface area contributed by atoms with Crippen molar-refractivity contribution >= 4 is 0 Å². The summed E-state index contributed by atoms with van der Waals surface area (Å²) < 4.78 is 0. The van der Waals surface area contributed by atoms with Crippen molar-refractivity contribution in [1.82, 2.24) is 4.98 Å². The van der Waals surface area contributed by atoms with E-state index in [1.165, 1.54) is 54.4 Å². The Balaban J connectivity index is 1.88. The first-order chi connectivity index (χ1) is 10.1. The van der Waals surface area contributed by atoms with Crippen LogP contribution in [-0.4, -0.2) is 4.98 Å². The van der Waals surface area contributed by atoms with Crippen LogP contribution in [-0.2, 0) is 0 Å². The zero-order valence-corrected chi connectivity index (χ0v) is 13.4. The van der Waals surface area contributed by atoms with Crippen LogP contribution in [0.1, 0.15) is 60.4 Å². The average Bonchev–Trinajstić information content (AvgIpc) is 2.52. The Bertz CT molecular complexity index is 619. The van der Waals surface area contributed by atoms with Gasteiger partial charge in [0.2, 0.25) is 0 Å². The maximum Gasteiger partial charge on any atom is 0.0734 e. The molecule has 1 aliphatic rings. The lowest BCUT2D eigenvalue weighted by Crippen LogP contribution is -2.04. The third-order valence-corrected chi connectivity index (χ3v) is 4.92. The summed E-state index contributed by atoms with van der Waals surface area (Å²) in [4.78, 5) is 4.78. The predicted octanol–water partition coefficient (Wildman–Crippen LogP) is 5.72. The number of hydrogen-bond acceptors (Lipinski definition) is 1. The molecule has 0 amide bonds. The molecule has 0 unspecified atom stereocenters. The molecule has 1 aromatic carbocycles. The van der Waals surface area contributed by atoms with Crippen molar-refractivity contribution in [2.75, 3.05) is 0 Å². The summed E-state index contributed by atoms with van der Waals surface area (Å²) in [6.45, 7) is 6.38. The fourth-order valence-corrected chi connectivity index (χ4v) is 3.48. The summed E-state index contributed by atoms with van der Waals surface area (Å²) in [5, 5.41) is 0. The Kier molecular flexibility index (Phi) is 4.10. The van der Waals surface area contributed by atoms with E-state index in [9.17, 15) is 0 Å². The molecule has 1 fully saturated rings. The van der Waals surface area contributed by atoms with Gasteiger partial charge >= 0.3 is 0 Å². The Hall–Kier alpha value is -1.63. The minimum Gasteiger partial charge on any atom is -0.253 e. The van der Waals surface area contributed by atoms with Gasteiger partial charge in [-0.15, -0.1) is 0 Å². The molecule has 0 N–H and O–H groups in total. The number of aryl methyl sites for hydroxylation is 3. The highest BCUT2D eigenvalue weighted by Crippen LogP contribution is 2.33. The van der Waals surface area contributed by atoms with Crippen LogP contribution < -0.4 is 0 Å². The van der Waals surface area contributed by atoms with Gasteiger partial charge in [-0.3, -0.25) is 4.98 Å². The monoisotopic (exact) mass is 279 g/mol. The first-order valence-electron chi connectivity index (χ1n) is 8.20. The molecule has 3 rings (SSSR count). The summed E-state index contributed by atoms with van der Waals surface area (Å²) >= 11 is 0. The van der Waals surface area contributed by atoms with E-state index >= 15 is 0 Å². The van der Waals surface area contributed by atoms with Crippen molar-refractivity contribution < 1.29 is 0 Å². The van der Waals surface area contributed by atoms with Crippen molar-refractivity contribution in [2.45, 2.75) is 58.8 Å². The molecule has 1 nitrogen and oxygen atoms in total. The molecule has 2 aromatic rings. The molecule has 0 atom stereocenters. The van der Waals surface area contributed by atoms with E-state index in [0.717, 1.165) is 17.3 Å². The molecular formula is C20H25N. The van der Waals surface area contributed by atoms with Gasteiger partial charge in [0.05, 0.1) is 5.69 Å². The topological polar surface area (TPSA) is 12.9 Å². The molecule has 21 heavy (non-hydrogen) atoms. The maximum absolute atomic E-state index is 4.78. The van der Waals surface area contributed by atoms with E-state index in [-0.39, 0.29) is 0 Å². The molecular weight excluding hydrogens is 254 g/mol. The third kappa shape index (κ3) is 3.02. The molecule has 0 aliphatic heterocycles. The predicted molar refractivity (Wildman–Crippen MR) is 89.7 cm³/mol. The molecule has 1 heteroatoms. The minimum atomic E-state index is 0.779. The van der Waals surface area contributed by atoms with Gasteiger partial charge in [0.15, 0.2) is 0 Å². The van der Waals surface area contributed by atoms with Gasteiger partial charge in [-0.2, -0.15) is 0 Å². The Morgan fingerprint density at radius 1 is 0.857 bits per heavy atom. The standard InChI is InChI=1S/C20H25N/c1-14-13-15(2)20(21-16(14)3)19-11-9-18(10-12-19)17-7-5-4-6-8-17/h9-13,17H,4-8H2,1-3H3. The van der Waals surface area contributed by atoms with Crippen LogP contribution in [0.2, 0.25) is 0 Å². The molecule has 0 radical (unpaired) electrons. The van der Waals surface area contributed by atoms with Crippen molar-refractivity contribution in [3.8, 4) is 11.3 Å². The van der Waals surface area contributed by atoms with Crippen LogP contribution in [0.3, 0.4) is 0 Å². The van der Waals surface area contributed by atoms with Gasteiger partial charge in [-0.25, -0.2) is 0 Å². The second-order valence-electron chi connectivity index (χ2n) is 6.51. The summed E-state index contributed by atoms with van der Waals surface area (Å²) in [5.74, 6) is 0.779. The third-order valence-electron chi connectivity index (χ3n) is 4.92. The minimum absolute atomic E-state index is 0.779. The lowest BCUT2D eigenvalue weighted by atomic mass is 9.84. The van der Waals surface area contributed by atoms with Gasteiger partial charge in [0.1, 0.15) is 0 Å². The Morgan fingerprint density at radius 2 is 1.52 bits per heavy atom. The quantitative estimate of drug-likeness (QED) is 0.685. The summed E-state index contributed by atoms with van der Waals surface area (Å²) in [6.07, 6.45) is 6.93. The number of aromatic nitrogens is 1. The van der Waals surface area contributed by atoms with E-state index in [4.69, 9.17) is 4.98 Å². The number of pyridine rings is 1. The molecule has 1 saturated carbocycles. The first kappa shape index (κ1) is 14.3. The van der Waals surface area contributed by atoms with Gasteiger partial charge < -0.3 is 0 Å². The van der Waals surface area contributed by atoms with E-state index in [1.54, 1.807) is 0 Å². The molecule has 1 aromatic heterocycles. The highest BCUT2D eigenvalue weighted by Gasteiger charge is 2.15. The fraction of sp³-hybridized carbons (Fsp3) is 0.450. The van der Waals surface area contributed by atoms with Crippen LogP contribution in [0.25, 0.3) is 11.3 Å². The summed E-state index contributed by atoms with van der Waals surface area (Å²) in [6, 6.07) is 11.4. The van der Waals surface area contributed by atoms with Crippen LogP contribution >= 0.6 is 0 Å². The van der Waals surface area contributed by atoms with E-state index in [0.29, 0.717) is 0 Å². The van der Waals surface area contributed by atoms with Gasteiger partial charge in [0.25, 0.3) is 0 Å². The average molecular weight is 279 g/mol. The molecule has 1 heterocycles. The van der Waals surface area contributed by atoms with Crippen LogP contribution in [0, 0.1) is 20.8 Å². The van der Waals surface area contributed by atoms with Crippen LogP contribution in [0.15, 0.2) is 30.3 Å². The van der Waals surface area contributed by atoms with Crippen molar-refractivity contribution in [2.24, 2.45) is 0 Å². The largest absolute Gasteiger partial charge is 0.253 e. The van der Waals surface area contributed by atoms with Crippen molar-refractivity contribution in [1.29, 1.82) is 0 Å². The molecule has 0 saturated heterocycles. The van der Waals surface area contributed by atoms with Crippen LogP contribution in [0.4, 0.5) is 0 Å². The lowest BCUT2D eigenvalue weighted by Gasteiger charge is -2.22. The first-order valence-corrected chi connectivity index (χ1v) is 8.20. The molecule has 0 spiro atoms. The van der Waals surface area contributed by atoms with Crippen LogP contribution in [0.5, 0.6) is 0 Å². The van der Waals surface area contributed by atoms with Crippen molar-refractivity contribution in [3.63, 3.8) is 0 Å².